The second-order valence-corrected chi connectivity index (χ2v) is 7.74. The van der Waals surface area contributed by atoms with Crippen LogP contribution in [0.15, 0.2) is 18.2 Å². The Bertz CT molecular complexity index is 607. The van der Waals surface area contributed by atoms with Crippen molar-refractivity contribution >= 4 is 5.97 Å². The molecule has 120 valence electrons. The summed E-state index contributed by atoms with van der Waals surface area (Å²) in [4.78, 5) is 12.4. The molecule has 2 saturated carbocycles. The minimum absolute atomic E-state index is 0.0159. The van der Waals surface area contributed by atoms with Gasteiger partial charge in [0, 0.05) is 5.41 Å². The van der Waals surface area contributed by atoms with Gasteiger partial charge in [0.2, 0.25) is 0 Å². The van der Waals surface area contributed by atoms with Gasteiger partial charge < -0.3 is 14.6 Å². The van der Waals surface area contributed by atoms with Gasteiger partial charge >= 0.3 is 5.97 Å². The zero-order valence-corrected chi connectivity index (χ0v) is 13.7. The number of phenolic OH excluding ortho intramolecular Hbond substituents is 1. The normalized spacial score (nSPS) is 32.0. The van der Waals surface area contributed by atoms with Crippen molar-refractivity contribution < 1.29 is 19.4 Å². The molecule has 0 amide bonds. The molecule has 0 aliphatic heterocycles. The van der Waals surface area contributed by atoms with Crippen molar-refractivity contribution in [2.45, 2.75) is 46.1 Å². The Balaban J connectivity index is 1.74. The molecule has 1 N–H and O–H groups in total. The van der Waals surface area contributed by atoms with E-state index in [9.17, 15) is 9.90 Å². The minimum Gasteiger partial charge on any atom is -0.504 e. The third-order valence-electron chi connectivity index (χ3n) is 5.62. The first kappa shape index (κ1) is 15.2. The second-order valence-electron chi connectivity index (χ2n) is 7.74. The molecule has 3 rings (SSSR count). The highest BCUT2D eigenvalue weighted by Crippen LogP contribution is 2.63. The van der Waals surface area contributed by atoms with Crippen molar-refractivity contribution in [3.8, 4) is 11.5 Å². The monoisotopic (exact) mass is 304 g/mol. The zero-order valence-electron chi connectivity index (χ0n) is 13.7. The molecule has 2 aliphatic rings. The topological polar surface area (TPSA) is 55.8 Å². The summed E-state index contributed by atoms with van der Waals surface area (Å²) in [5, 5.41) is 9.61. The summed E-state index contributed by atoms with van der Waals surface area (Å²) < 4.78 is 10.8. The Hall–Kier alpha value is -1.71. The lowest BCUT2D eigenvalue weighted by atomic mass is 9.71. The number of benzene rings is 1. The van der Waals surface area contributed by atoms with Crippen LogP contribution in [0.2, 0.25) is 0 Å². The number of phenols is 1. The number of ether oxygens (including phenoxy) is 2. The van der Waals surface area contributed by atoms with Gasteiger partial charge in [-0.3, -0.25) is 0 Å². The molecule has 0 saturated heterocycles. The largest absolute Gasteiger partial charge is 0.504 e. The first-order valence-electron chi connectivity index (χ1n) is 7.83. The van der Waals surface area contributed by atoms with Crippen LogP contribution in [0.3, 0.4) is 0 Å². The molecule has 4 nitrogen and oxygen atoms in total. The number of carbonyl (C=O) groups excluding carboxylic acids is 1. The molecule has 0 heterocycles. The summed E-state index contributed by atoms with van der Waals surface area (Å²) in [6.45, 7) is 6.86. The Morgan fingerprint density at radius 2 is 2.05 bits per heavy atom. The molecule has 2 aliphatic carbocycles. The zero-order chi connectivity index (χ0) is 16.1. The Labute approximate surface area is 131 Å². The standard InChI is InChI=1S/C18H24O4/c1-17(2)10-18(3)9-12(17)8-15(18)22-16(20)11-5-6-13(19)14(7-11)21-4/h5-7,12,15,19H,8-10H2,1-4H3. The molecule has 3 unspecified atom stereocenters. The van der Waals surface area contributed by atoms with Crippen molar-refractivity contribution in [2.75, 3.05) is 7.11 Å². The summed E-state index contributed by atoms with van der Waals surface area (Å²) >= 11 is 0. The molecule has 1 aromatic carbocycles. The number of fused-ring (bicyclic) bond motifs is 2. The molecule has 4 heteroatoms. The lowest BCUT2D eigenvalue weighted by molar-refractivity contribution is -0.0221. The van der Waals surface area contributed by atoms with Crippen LogP contribution in [-0.2, 0) is 4.74 Å². The molecule has 22 heavy (non-hydrogen) atoms. The van der Waals surface area contributed by atoms with Gasteiger partial charge in [0.05, 0.1) is 12.7 Å². The van der Waals surface area contributed by atoms with Gasteiger partial charge in [-0.25, -0.2) is 4.79 Å². The van der Waals surface area contributed by atoms with E-state index in [1.807, 2.05) is 0 Å². The Morgan fingerprint density at radius 3 is 2.59 bits per heavy atom. The van der Waals surface area contributed by atoms with Gasteiger partial charge in [0.25, 0.3) is 0 Å². The van der Waals surface area contributed by atoms with Gasteiger partial charge in [-0.2, -0.15) is 0 Å². The summed E-state index contributed by atoms with van der Waals surface area (Å²) in [5.74, 6) is 0.599. The van der Waals surface area contributed by atoms with E-state index in [4.69, 9.17) is 9.47 Å². The molecule has 0 radical (unpaired) electrons. The number of carbonyl (C=O) groups is 1. The Kier molecular flexibility index (Phi) is 3.38. The number of methoxy groups -OCH3 is 1. The van der Waals surface area contributed by atoms with E-state index in [-0.39, 0.29) is 29.0 Å². The Morgan fingerprint density at radius 1 is 1.32 bits per heavy atom. The van der Waals surface area contributed by atoms with Crippen molar-refractivity contribution in [1.29, 1.82) is 0 Å². The highest BCUT2D eigenvalue weighted by atomic mass is 16.5. The molecule has 2 bridgehead atoms. The van der Waals surface area contributed by atoms with Crippen LogP contribution in [0.1, 0.15) is 50.4 Å². The fourth-order valence-electron chi connectivity index (χ4n) is 4.48. The first-order valence-corrected chi connectivity index (χ1v) is 7.83. The van der Waals surface area contributed by atoms with Crippen LogP contribution >= 0.6 is 0 Å². The fraction of sp³-hybridized carbons (Fsp3) is 0.611. The maximum atomic E-state index is 12.4. The third-order valence-corrected chi connectivity index (χ3v) is 5.62. The molecule has 2 fully saturated rings. The van der Waals surface area contributed by atoms with Crippen molar-refractivity contribution in [2.24, 2.45) is 16.7 Å². The van der Waals surface area contributed by atoms with Crippen LogP contribution in [0.5, 0.6) is 11.5 Å². The minimum atomic E-state index is -0.338. The van der Waals surface area contributed by atoms with Crippen LogP contribution in [0.25, 0.3) is 0 Å². The predicted molar refractivity (Wildman–Crippen MR) is 83.1 cm³/mol. The number of hydrogen-bond acceptors (Lipinski definition) is 4. The number of aromatic hydroxyl groups is 1. The van der Waals surface area contributed by atoms with E-state index in [0.29, 0.717) is 16.9 Å². The molecule has 3 atom stereocenters. The van der Waals surface area contributed by atoms with E-state index in [1.165, 1.54) is 19.2 Å². The van der Waals surface area contributed by atoms with Crippen molar-refractivity contribution in [1.82, 2.24) is 0 Å². The highest BCUT2D eigenvalue weighted by Gasteiger charge is 2.58. The van der Waals surface area contributed by atoms with Crippen LogP contribution in [0, 0.1) is 16.7 Å². The van der Waals surface area contributed by atoms with Gasteiger partial charge in [0.15, 0.2) is 11.5 Å². The van der Waals surface area contributed by atoms with E-state index in [1.54, 1.807) is 6.07 Å². The number of rotatable bonds is 3. The van der Waals surface area contributed by atoms with Crippen LogP contribution in [0.4, 0.5) is 0 Å². The van der Waals surface area contributed by atoms with Crippen LogP contribution < -0.4 is 4.74 Å². The molecule has 0 aromatic heterocycles. The van der Waals surface area contributed by atoms with E-state index < -0.39 is 0 Å². The van der Waals surface area contributed by atoms with Gasteiger partial charge in [0.1, 0.15) is 6.10 Å². The second kappa shape index (κ2) is 4.90. The summed E-state index contributed by atoms with van der Waals surface area (Å²) in [6.07, 6.45) is 3.17. The van der Waals surface area contributed by atoms with E-state index >= 15 is 0 Å². The van der Waals surface area contributed by atoms with Crippen LogP contribution in [-0.4, -0.2) is 24.3 Å². The van der Waals surface area contributed by atoms with E-state index in [0.717, 1.165) is 19.3 Å². The average molecular weight is 304 g/mol. The van der Waals surface area contributed by atoms with Gasteiger partial charge in [-0.05, 0) is 48.8 Å². The highest BCUT2D eigenvalue weighted by molar-refractivity contribution is 5.90. The number of esters is 1. The van der Waals surface area contributed by atoms with Crippen molar-refractivity contribution in [3.63, 3.8) is 0 Å². The lowest BCUT2D eigenvalue weighted by Gasteiger charge is -2.38. The molecule has 0 spiro atoms. The average Bonchev–Trinajstić information content (AvgIpc) is 2.87. The lowest BCUT2D eigenvalue weighted by Crippen LogP contribution is -2.37. The summed E-state index contributed by atoms with van der Waals surface area (Å²) in [6, 6.07) is 4.55. The molecular formula is C18H24O4. The predicted octanol–water partition coefficient (Wildman–Crippen LogP) is 3.77. The SMILES string of the molecule is COc1cc(C(=O)OC2CC3CC2(C)CC3(C)C)ccc1O. The maximum absolute atomic E-state index is 12.4. The fourth-order valence-corrected chi connectivity index (χ4v) is 4.48. The smallest absolute Gasteiger partial charge is 0.338 e. The van der Waals surface area contributed by atoms with E-state index in [2.05, 4.69) is 20.8 Å². The van der Waals surface area contributed by atoms with Gasteiger partial charge in [-0.1, -0.05) is 20.8 Å². The summed E-state index contributed by atoms with van der Waals surface area (Å²) in [5.41, 5.74) is 0.852. The third kappa shape index (κ3) is 2.34. The quantitative estimate of drug-likeness (QED) is 0.864. The molecular weight excluding hydrogens is 280 g/mol. The van der Waals surface area contributed by atoms with Crippen molar-refractivity contribution in [3.05, 3.63) is 23.8 Å². The number of hydrogen-bond donors (Lipinski definition) is 1. The van der Waals surface area contributed by atoms with Gasteiger partial charge in [-0.15, -0.1) is 0 Å². The molecule has 1 aromatic rings. The summed E-state index contributed by atoms with van der Waals surface area (Å²) in [7, 11) is 1.46. The first-order chi connectivity index (χ1) is 10.2. The maximum Gasteiger partial charge on any atom is 0.338 e.